The highest BCUT2D eigenvalue weighted by molar-refractivity contribution is 7.89. The van der Waals surface area contributed by atoms with E-state index in [9.17, 15) is 8.42 Å². The third kappa shape index (κ3) is 4.22. The van der Waals surface area contributed by atoms with Gasteiger partial charge in [-0.2, -0.15) is 13.5 Å². The summed E-state index contributed by atoms with van der Waals surface area (Å²) in [6, 6.07) is 10.2. The van der Waals surface area contributed by atoms with Crippen LogP contribution in [0.5, 0.6) is 0 Å². The molecule has 6 heteroatoms. The molecule has 0 bridgehead atoms. The van der Waals surface area contributed by atoms with Crippen molar-refractivity contribution in [3.05, 3.63) is 53.3 Å². The zero-order valence-electron chi connectivity index (χ0n) is 13.9. The number of aryl methyl sites for hydroxylation is 1. The molecule has 5 nitrogen and oxygen atoms in total. The van der Waals surface area contributed by atoms with Crippen molar-refractivity contribution in [2.24, 2.45) is 11.0 Å². The fourth-order valence-electron chi connectivity index (χ4n) is 2.42. The highest BCUT2D eigenvalue weighted by Crippen LogP contribution is 2.15. The van der Waals surface area contributed by atoms with Crippen molar-refractivity contribution in [1.82, 2.24) is 9.40 Å². The topological polar surface area (TPSA) is 63.5 Å². The predicted octanol–water partition coefficient (Wildman–Crippen LogP) is 3.07. The van der Waals surface area contributed by atoms with Crippen LogP contribution in [0, 0.1) is 19.8 Å². The number of hydrogen-bond acceptors (Lipinski definition) is 3. The van der Waals surface area contributed by atoms with Crippen molar-refractivity contribution in [1.29, 1.82) is 0 Å². The molecule has 2 aromatic rings. The average molecular weight is 333 g/mol. The number of aromatic nitrogens is 1. The van der Waals surface area contributed by atoms with Crippen molar-refractivity contribution >= 4 is 16.2 Å². The minimum atomic E-state index is -3.62. The van der Waals surface area contributed by atoms with E-state index in [-0.39, 0.29) is 4.90 Å². The van der Waals surface area contributed by atoms with Gasteiger partial charge in [0.2, 0.25) is 0 Å². The summed E-state index contributed by atoms with van der Waals surface area (Å²) < 4.78 is 26.4. The van der Waals surface area contributed by atoms with Crippen LogP contribution in [0.1, 0.15) is 30.8 Å². The van der Waals surface area contributed by atoms with Gasteiger partial charge >= 0.3 is 0 Å². The van der Waals surface area contributed by atoms with E-state index in [1.54, 1.807) is 24.4 Å². The number of sulfonamides is 1. The molecule has 2 rings (SSSR count). The molecule has 0 fully saturated rings. The second-order valence-electron chi connectivity index (χ2n) is 6.00. The van der Waals surface area contributed by atoms with Crippen LogP contribution >= 0.6 is 0 Å². The molecule has 0 spiro atoms. The third-order valence-corrected chi connectivity index (χ3v) is 4.83. The van der Waals surface area contributed by atoms with Crippen LogP contribution in [0.3, 0.4) is 0 Å². The Bertz CT molecular complexity index is 791. The van der Waals surface area contributed by atoms with Crippen LogP contribution < -0.4 is 4.83 Å². The van der Waals surface area contributed by atoms with E-state index in [4.69, 9.17) is 0 Å². The lowest BCUT2D eigenvalue weighted by Gasteiger charge is -2.11. The molecule has 1 heterocycles. The number of nitrogens with zero attached hydrogens (tertiary/aromatic N) is 2. The Labute approximate surface area is 138 Å². The van der Waals surface area contributed by atoms with Gasteiger partial charge in [-0.15, -0.1) is 0 Å². The van der Waals surface area contributed by atoms with E-state index in [1.165, 1.54) is 12.1 Å². The molecule has 0 radical (unpaired) electrons. The maximum absolute atomic E-state index is 12.1. The Morgan fingerprint density at radius 1 is 1.22 bits per heavy atom. The molecular formula is C17H23N3O2S. The van der Waals surface area contributed by atoms with E-state index < -0.39 is 10.0 Å². The predicted molar refractivity (Wildman–Crippen MR) is 93.1 cm³/mol. The second-order valence-corrected chi connectivity index (χ2v) is 7.66. The first-order chi connectivity index (χ1) is 10.8. The van der Waals surface area contributed by atoms with Crippen molar-refractivity contribution < 1.29 is 8.42 Å². The van der Waals surface area contributed by atoms with Gasteiger partial charge in [-0.25, -0.2) is 4.83 Å². The average Bonchev–Trinajstić information content (AvgIpc) is 2.75. The fraction of sp³-hybridized carbons (Fsp3) is 0.353. The fourth-order valence-corrected chi connectivity index (χ4v) is 3.23. The summed E-state index contributed by atoms with van der Waals surface area (Å²) in [4.78, 5) is 2.45. The molecule has 0 aliphatic carbocycles. The smallest absolute Gasteiger partial charge is 0.276 e. The van der Waals surface area contributed by atoms with E-state index in [2.05, 4.69) is 28.3 Å². The number of hydrogen-bond donors (Lipinski definition) is 1. The molecule has 1 aromatic heterocycles. The summed E-state index contributed by atoms with van der Waals surface area (Å²) in [7, 11) is -3.62. The molecule has 0 unspecified atom stereocenters. The number of benzene rings is 1. The lowest BCUT2D eigenvalue weighted by atomic mass is 10.2. The first-order valence-electron chi connectivity index (χ1n) is 7.58. The maximum atomic E-state index is 12.1. The third-order valence-electron chi connectivity index (χ3n) is 3.59. The zero-order chi connectivity index (χ0) is 17.0. The van der Waals surface area contributed by atoms with Crippen LogP contribution in [0.2, 0.25) is 0 Å². The largest absolute Gasteiger partial charge is 0.348 e. The Kier molecular flexibility index (Phi) is 5.26. The van der Waals surface area contributed by atoms with Crippen LogP contribution in [-0.2, 0) is 16.6 Å². The Morgan fingerprint density at radius 3 is 2.48 bits per heavy atom. The zero-order valence-corrected chi connectivity index (χ0v) is 14.8. The number of rotatable bonds is 6. The van der Waals surface area contributed by atoms with Gasteiger partial charge in [-0.1, -0.05) is 32.0 Å². The lowest BCUT2D eigenvalue weighted by Crippen LogP contribution is -2.18. The van der Waals surface area contributed by atoms with Gasteiger partial charge in [0.1, 0.15) is 0 Å². The van der Waals surface area contributed by atoms with Crippen molar-refractivity contribution in [2.75, 3.05) is 0 Å². The molecule has 124 valence electrons. The van der Waals surface area contributed by atoms with Crippen molar-refractivity contribution in [2.45, 2.75) is 39.1 Å². The normalized spacial score (nSPS) is 12.2. The molecule has 0 atom stereocenters. The molecule has 0 saturated carbocycles. The summed E-state index contributed by atoms with van der Waals surface area (Å²) >= 11 is 0. The van der Waals surface area contributed by atoms with Crippen molar-refractivity contribution in [3.8, 4) is 0 Å². The van der Waals surface area contributed by atoms with Gasteiger partial charge in [-0.3, -0.25) is 0 Å². The highest BCUT2D eigenvalue weighted by atomic mass is 32.2. The molecular weight excluding hydrogens is 310 g/mol. The molecule has 23 heavy (non-hydrogen) atoms. The second kappa shape index (κ2) is 7.00. The first-order valence-corrected chi connectivity index (χ1v) is 9.06. The van der Waals surface area contributed by atoms with Crippen LogP contribution in [-0.4, -0.2) is 19.2 Å². The van der Waals surface area contributed by atoms with Crippen LogP contribution in [0.25, 0.3) is 0 Å². The lowest BCUT2D eigenvalue weighted by molar-refractivity contribution is 0.509. The molecule has 0 saturated heterocycles. The summed E-state index contributed by atoms with van der Waals surface area (Å²) in [5, 5.41) is 3.91. The summed E-state index contributed by atoms with van der Waals surface area (Å²) in [5.74, 6) is 0.543. The molecule has 0 aliphatic rings. The van der Waals surface area contributed by atoms with E-state index in [1.807, 2.05) is 19.9 Å². The van der Waals surface area contributed by atoms with Crippen LogP contribution in [0.4, 0.5) is 0 Å². The highest BCUT2D eigenvalue weighted by Gasteiger charge is 2.12. The van der Waals surface area contributed by atoms with Gasteiger partial charge in [0, 0.05) is 23.5 Å². The maximum Gasteiger partial charge on any atom is 0.276 e. The Morgan fingerprint density at radius 2 is 1.87 bits per heavy atom. The molecule has 1 aromatic carbocycles. The minimum Gasteiger partial charge on any atom is -0.348 e. The number of hydrazone groups is 1. The Hall–Kier alpha value is -2.08. The molecule has 0 aliphatic heterocycles. The summed E-state index contributed by atoms with van der Waals surface area (Å²) in [5.41, 5.74) is 3.14. The van der Waals surface area contributed by atoms with Gasteiger partial charge in [0.15, 0.2) is 0 Å². The quantitative estimate of drug-likeness (QED) is 0.652. The van der Waals surface area contributed by atoms with Gasteiger partial charge in [0.05, 0.1) is 11.1 Å². The standard InChI is InChI=1S/C17H23N3O2S/c1-13(2)12-20-14(3)10-16(15(20)4)11-18-19-23(21,22)17-8-6-5-7-9-17/h5-11,13,19H,12H2,1-4H3/b18-11-. The number of nitrogens with one attached hydrogen (secondary N) is 1. The molecule has 0 amide bonds. The molecule has 1 N–H and O–H groups in total. The van der Waals surface area contributed by atoms with Gasteiger partial charge < -0.3 is 4.57 Å². The van der Waals surface area contributed by atoms with E-state index >= 15 is 0 Å². The van der Waals surface area contributed by atoms with E-state index in [0.717, 1.165) is 23.5 Å². The van der Waals surface area contributed by atoms with Gasteiger partial charge in [0.25, 0.3) is 10.0 Å². The van der Waals surface area contributed by atoms with Crippen molar-refractivity contribution in [3.63, 3.8) is 0 Å². The monoisotopic (exact) mass is 333 g/mol. The van der Waals surface area contributed by atoms with E-state index in [0.29, 0.717) is 5.92 Å². The van der Waals surface area contributed by atoms with Gasteiger partial charge in [-0.05, 0) is 38.0 Å². The SMILES string of the molecule is Cc1cc(/C=N\NS(=O)(=O)c2ccccc2)c(C)n1CC(C)C. The minimum absolute atomic E-state index is 0.197. The Balaban J connectivity index is 2.15. The summed E-state index contributed by atoms with van der Waals surface area (Å²) in [6.07, 6.45) is 1.56. The summed E-state index contributed by atoms with van der Waals surface area (Å²) in [6.45, 7) is 9.33. The first kappa shape index (κ1) is 17.3. The van der Waals surface area contributed by atoms with Crippen LogP contribution in [0.15, 0.2) is 46.4 Å².